The van der Waals surface area contributed by atoms with Crippen molar-refractivity contribution in [1.29, 1.82) is 0 Å². The molecular formula is C37H24F6N2O2. The number of carbonyl (C=O) groups excluding carboxylic acids is 2. The molecule has 0 saturated heterocycles. The molecule has 1 aliphatic heterocycles. The minimum absolute atomic E-state index is 0.0104. The Hall–Kier alpha value is -5.38. The first-order valence-electron chi connectivity index (χ1n) is 14.6. The average Bonchev–Trinajstić information content (AvgIpc) is 3.47. The lowest BCUT2D eigenvalue weighted by atomic mass is 9.95. The maximum absolute atomic E-state index is 14.4. The summed E-state index contributed by atoms with van der Waals surface area (Å²) in [5.74, 6) is -1.13. The van der Waals surface area contributed by atoms with Crippen LogP contribution in [0.3, 0.4) is 0 Å². The molecule has 2 amide bonds. The second-order valence-electron chi connectivity index (χ2n) is 11.7. The number of halogens is 6. The van der Waals surface area contributed by atoms with Gasteiger partial charge in [0.25, 0.3) is 11.8 Å². The number of nitrogens with zero attached hydrogens (tertiary/aromatic N) is 2. The number of rotatable bonds is 3. The van der Waals surface area contributed by atoms with Gasteiger partial charge in [0, 0.05) is 16.3 Å². The number of hydrogen-bond acceptors (Lipinski definition) is 2. The summed E-state index contributed by atoms with van der Waals surface area (Å²) in [6.45, 7) is 5.52. The van der Waals surface area contributed by atoms with Gasteiger partial charge in [0.1, 0.15) is 0 Å². The normalized spacial score (nSPS) is 13.7. The number of aromatic nitrogens is 1. The van der Waals surface area contributed by atoms with Crippen molar-refractivity contribution in [2.24, 2.45) is 0 Å². The molecule has 0 N–H and O–H groups in total. The molecule has 7 rings (SSSR count). The van der Waals surface area contributed by atoms with Crippen LogP contribution < -0.4 is 4.90 Å². The molecule has 0 saturated carbocycles. The predicted molar refractivity (Wildman–Crippen MR) is 168 cm³/mol. The molecule has 236 valence electrons. The van der Waals surface area contributed by atoms with Crippen LogP contribution in [0, 0.1) is 20.8 Å². The van der Waals surface area contributed by atoms with Gasteiger partial charge in [-0.15, -0.1) is 0 Å². The Kier molecular flexibility index (Phi) is 6.65. The molecule has 4 nitrogen and oxygen atoms in total. The smallest absolute Gasteiger partial charge is 0.308 e. The van der Waals surface area contributed by atoms with E-state index in [4.69, 9.17) is 0 Å². The van der Waals surface area contributed by atoms with Crippen molar-refractivity contribution >= 4 is 39.3 Å². The highest BCUT2D eigenvalue weighted by atomic mass is 19.4. The summed E-state index contributed by atoms with van der Waals surface area (Å²) in [6, 6.07) is 21.7. The van der Waals surface area contributed by atoms with Gasteiger partial charge in [-0.2, -0.15) is 26.3 Å². The fraction of sp³-hybridized carbons (Fsp3) is 0.135. The number of anilines is 1. The third-order valence-corrected chi connectivity index (χ3v) is 8.63. The summed E-state index contributed by atoms with van der Waals surface area (Å²) in [5.41, 5.74) is 0.766. The van der Waals surface area contributed by atoms with Crippen molar-refractivity contribution in [3.63, 3.8) is 0 Å². The summed E-state index contributed by atoms with van der Waals surface area (Å²) >= 11 is 0. The van der Waals surface area contributed by atoms with Gasteiger partial charge >= 0.3 is 12.4 Å². The zero-order chi connectivity index (χ0) is 33.6. The molecule has 47 heavy (non-hydrogen) atoms. The first-order valence-corrected chi connectivity index (χ1v) is 14.6. The van der Waals surface area contributed by atoms with Crippen LogP contribution in [-0.4, -0.2) is 16.4 Å². The molecular weight excluding hydrogens is 618 g/mol. The van der Waals surface area contributed by atoms with Gasteiger partial charge in [0.05, 0.1) is 44.7 Å². The van der Waals surface area contributed by atoms with Gasteiger partial charge in [-0.3, -0.25) is 9.59 Å². The largest absolute Gasteiger partial charge is 0.417 e. The minimum Gasteiger partial charge on any atom is -0.308 e. The van der Waals surface area contributed by atoms with Gasteiger partial charge < -0.3 is 4.57 Å². The summed E-state index contributed by atoms with van der Waals surface area (Å²) in [6.07, 6.45) is -10.1. The van der Waals surface area contributed by atoms with Gasteiger partial charge in [-0.25, -0.2) is 4.90 Å². The summed E-state index contributed by atoms with van der Waals surface area (Å²) < 4.78 is 85.6. The van der Waals surface area contributed by atoms with Crippen molar-refractivity contribution in [1.82, 2.24) is 4.57 Å². The van der Waals surface area contributed by atoms with Crippen LogP contribution in [-0.2, 0) is 12.4 Å². The molecule has 0 aliphatic carbocycles. The molecule has 0 fully saturated rings. The van der Waals surface area contributed by atoms with Crippen LogP contribution in [0.15, 0.2) is 91.0 Å². The molecule has 5 aromatic carbocycles. The third-order valence-electron chi connectivity index (χ3n) is 8.63. The summed E-state index contributed by atoms with van der Waals surface area (Å²) in [4.78, 5) is 29.3. The van der Waals surface area contributed by atoms with Gasteiger partial charge in [-0.05, 0) is 67.8 Å². The number of benzene rings is 5. The molecule has 6 aromatic rings. The number of alkyl halides is 6. The van der Waals surface area contributed by atoms with Gasteiger partial charge in [0.2, 0.25) is 0 Å². The van der Waals surface area contributed by atoms with E-state index in [1.165, 1.54) is 12.1 Å². The fourth-order valence-corrected chi connectivity index (χ4v) is 6.86. The van der Waals surface area contributed by atoms with E-state index in [0.29, 0.717) is 28.0 Å². The lowest BCUT2D eigenvalue weighted by Crippen LogP contribution is -2.31. The lowest BCUT2D eigenvalue weighted by molar-refractivity contribution is -0.142. The van der Waals surface area contributed by atoms with Crippen LogP contribution in [0.4, 0.5) is 32.0 Å². The van der Waals surface area contributed by atoms with Crippen LogP contribution in [0.25, 0.3) is 38.6 Å². The molecule has 10 heteroatoms. The zero-order valence-electron chi connectivity index (χ0n) is 25.1. The SMILES string of the molecule is Cc1cc(C)c(N2C(=O)c3cccc(-n4c5ccccc5c5cccc(-c6ccc(C(F)(F)F)cc6C(F)(F)F)c54)c3C2=O)c(C)c1. The Morgan fingerprint density at radius 2 is 1.23 bits per heavy atom. The second-order valence-corrected chi connectivity index (χ2v) is 11.7. The molecule has 0 bridgehead atoms. The zero-order valence-corrected chi connectivity index (χ0v) is 25.1. The Balaban J connectivity index is 1.55. The quantitative estimate of drug-likeness (QED) is 0.142. The molecule has 0 spiro atoms. The minimum atomic E-state index is -5.11. The van der Waals surface area contributed by atoms with E-state index in [-0.39, 0.29) is 34.0 Å². The Morgan fingerprint density at radius 1 is 0.596 bits per heavy atom. The number of amides is 2. The van der Waals surface area contributed by atoms with E-state index in [1.54, 1.807) is 66.9 Å². The maximum Gasteiger partial charge on any atom is 0.417 e. The highest BCUT2D eigenvalue weighted by Gasteiger charge is 2.42. The first-order chi connectivity index (χ1) is 22.2. The number of fused-ring (bicyclic) bond motifs is 4. The first kappa shape index (κ1) is 30.3. The van der Waals surface area contributed by atoms with E-state index in [0.717, 1.165) is 27.7 Å². The maximum atomic E-state index is 14.4. The van der Waals surface area contributed by atoms with Gasteiger partial charge in [0.15, 0.2) is 0 Å². The number of hydrogen-bond donors (Lipinski definition) is 0. The number of aryl methyl sites for hydroxylation is 3. The fourth-order valence-electron chi connectivity index (χ4n) is 6.86. The van der Waals surface area contributed by atoms with Crippen molar-refractivity contribution in [2.75, 3.05) is 4.90 Å². The standard InChI is InChI=1S/C37H24F6N2O2/c1-19-16-20(2)32(21(3)17-19)45-34(46)27-11-7-13-30(31(27)35(45)47)44-29-12-5-4-8-24(29)26-10-6-9-25(33(26)44)23-15-14-22(36(38,39)40)18-28(23)37(41,42)43/h4-18H,1-3H3. The van der Waals surface area contributed by atoms with Crippen molar-refractivity contribution < 1.29 is 35.9 Å². The predicted octanol–water partition coefficient (Wildman–Crippen LogP) is 10.2. The number of carbonyl (C=O) groups is 2. The molecule has 1 aromatic heterocycles. The van der Waals surface area contributed by atoms with Crippen molar-refractivity contribution in [3.05, 3.63) is 130 Å². The Labute approximate surface area is 264 Å². The second kappa shape index (κ2) is 10.3. The highest BCUT2D eigenvalue weighted by molar-refractivity contribution is 6.36. The van der Waals surface area contributed by atoms with E-state index in [1.807, 2.05) is 19.1 Å². The topological polar surface area (TPSA) is 42.3 Å². The van der Waals surface area contributed by atoms with E-state index in [9.17, 15) is 35.9 Å². The van der Waals surface area contributed by atoms with Crippen molar-refractivity contribution in [3.8, 4) is 16.8 Å². The molecule has 0 unspecified atom stereocenters. The molecule has 1 aliphatic rings. The molecule has 0 radical (unpaired) electrons. The van der Waals surface area contributed by atoms with E-state index in [2.05, 4.69) is 0 Å². The monoisotopic (exact) mass is 642 g/mol. The average molecular weight is 643 g/mol. The van der Waals surface area contributed by atoms with Crippen molar-refractivity contribution in [2.45, 2.75) is 33.1 Å². The number of imide groups is 1. The van der Waals surface area contributed by atoms with Crippen LogP contribution >= 0.6 is 0 Å². The number of para-hydroxylation sites is 2. The third kappa shape index (κ3) is 4.61. The van der Waals surface area contributed by atoms with Crippen LogP contribution in [0.1, 0.15) is 48.5 Å². The van der Waals surface area contributed by atoms with Crippen LogP contribution in [0.2, 0.25) is 0 Å². The Bertz CT molecular complexity index is 2290. The van der Waals surface area contributed by atoms with E-state index >= 15 is 0 Å². The van der Waals surface area contributed by atoms with E-state index < -0.39 is 40.9 Å². The Morgan fingerprint density at radius 3 is 1.91 bits per heavy atom. The van der Waals surface area contributed by atoms with Gasteiger partial charge in [-0.1, -0.05) is 66.2 Å². The lowest BCUT2D eigenvalue weighted by Gasteiger charge is -2.20. The highest BCUT2D eigenvalue weighted by Crippen LogP contribution is 2.46. The molecule has 0 atom stereocenters. The van der Waals surface area contributed by atoms with Crippen LogP contribution in [0.5, 0.6) is 0 Å². The molecule has 2 heterocycles. The summed E-state index contributed by atoms with van der Waals surface area (Å²) in [7, 11) is 0. The summed E-state index contributed by atoms with van der Waals surface area (Å²) in [5, 5.41) is 1.16.